The second kappa shape index (κ2) is 6.13. The third kappa shape index (κ3) is 4.88. The van der Waals surface area contributed by atoms with Crippen molar-refractivity contribution in [1.29, 1.82) is 0 Å². The molecule has 0 radical (unpaired) electrons. The van der Waals surface area contributed by atoms with Gasteiger partial charge in [-0.25, -0.2) is 8.78 Å². The first-order valence-corrected chi connectivity index (χ1v) is 5.88. The lowest BCUT2D eigenvalue weighted by atomic mass is 9.87. The lowest BCUT2D eigenvalue weighted by Gasteiger charge is -2.21. The molecule has 1 rings (SSSR count). The molecule has 0 spiro atoms. The highest BCUT2D eigenvalue weighted by atomic mass is 19.3. The molecule has 1 amide bonds. The Morgan fingerprint density at radius 2 is 1.94 bits per heavy atom. The first-order chi connectivity index (χ1) is 7.53. The van der Waals surface area contributed by atoms with Crippen molar-refractivity contribution in [2.75, 3.05) is 13.1 Å². The van der Waals surface area contributed by atoms with Gasteiger partial charge < -0.3 is 11.1 Å². The molecule has 1 fully saturated rings. The molecule has 5 heteroatoms. The number of hydrogen-bond donors (Lipinski definition) is 2. The molecule has 1 aliphatic carbocycles. The number of halogens is 2. The molecule has 3 nitrogen and oxygen atoms in total. The monoisotopic (exact) mass is 234 g/mol. The van der Waals surface area contributed by atoms with Gasteiger partial charge in [0.25, 0.3) is 5.92 Å². The predicted octanol–water partition coefficient (Wildman–Crippen LogP) is 1.67. The van der Waals surface area contributed by atoms with Gasteiger partial charge in [-0.15, -0.1) is 0 Å². The summed E-state index contributed by atoms with van der Waals surface area (Å²) in [6, 6.07) is 0. The van der Waals surface area contributed by atoms with Crippen molar-refractivity contribution < 1.29 is 13.6 Å². The fourth-order valence-corrected chi connectivity index (χ4v) is 2.03. The van der Waals surface area contributed by atoms with Crippen LogP contribution < -0.4 is 11.1 Å². The molecule has 0 unspecified atom stereocenters. The summed E-state index contributed by atoms with van der Waals surface area (Å²) < 4.78 is 25.5. The number of carbonyl (C=O) groups excluding carboxylic acids is 1. The van der Waals surface area contributed by atoms with E-state index in [1.165, 1.54) is 6.42 Å². The highest BCUT2D eigenvalue weighted by Gasteiger charge is 2.27. The number of rotatable bonds is 5. The van der Waals surface area contributed by atoms with Gasteiger partial charge in [0.15, 0.2) is 0 Å². The smallest absolute Gasteiger partial charge is 0.277 e. The standard InChI is InChI=1S/C11H20F2N2O/c12-11(13,7-14)8-15-10(16)6-9-4-2-1-3-5-9/h9H,1-8,14H2,(H,15,16). The summed E-state index contributed by atoms with van der Waals surface area (Å²) in [6.45, 7) is -1.37. The minimum atomic E-state index is -2.98. The molecule has 0 aromatic heterocycles. The van der Waals surface area contributed by atoms with Crippen LogP contribution in [0, 0.1) is 5.92 Å². The average molecular weight is 234 g/mol. The van der Waals surface area contributed by atoms with Crippen LogP contribution in [0.25, 0.3) is 0 Å². The second-order valence-electron chi connectivity index (χ2n) is 4.54. The molecule has 0 aromatic rings. The van der Waals surface area contributed by atoms with E-state index in [1.807, 2.05) is 0 Å². The van der Waals surface area contributed by atoms with Gasteiger partial charge in [-0.1, -0.05) is 19.3 Å². The fraction of sp³-hybridized carbons (Fsp3) is 0.909. The molecule has 0 saturated heterocycles. The Balaban J connectivity index is 2.19. The molecule has 16 heavy (non-hydrogen) atoms. The van der Waals surface area contributed by atoms with Crippen molar-refractivity contribution in [1.82, 2.24) is 5.32 Å². The molecule has 0 aliphatic heterocycles. The normalized spacial score (nSPS) is 18.4. The van der Waals surface area contributed by atoms with Crippen LogP contribution in [0.1, 0.15) is 38.5 Å². The Labute approximate surface area is 94.8 Å². The molecule has 0 heterocycles. The number of nitrogens with two attached hydrogens (primary N) is 1. The van der Waals surface area contributed by atoms with Crippen LogP contribution in [0.4, 0.5) is 8.78 Å². The zero-order chi connectivity index (χ0) is 12.0. The van der Waals surface area contributed by atoms with Crippen LogP contribution in [0.15, 0.2) is 0 Å². The van der Waals surface area contributed by atoms with Crippen molar-refractivity contribution in [3.8, 4) is 0 Å². The van der Waals surface area contributed by atoms with Gasteiger partial charge >= 0.3 is 0 Å². The molecule has 0 aromatic carbocycles. The van der Waals surface area contributed by atoms with E-state index in [9.17, 15) is 13.6 Å². The van der Waals surface area contributed by atoms with Crippen LogP contribution >= 0.6 is 0 Å². The maximum absolute atomic E-state index is 12.8. The van der Waals surface area contributed by atoms with E-state index in [2.05, 4.69) is 5.32 Å². The minimum absolute atomic E-state index is 0.278. The van der Waals surface area contributed by atoms with E-state index in [0.29, 0.717) is 12.3 Å². The van der Waals surface area contributed by atoms with Crippen molar-refractivity contribution in [2.45, 2.75) is 44.4 Å². The largest absolute Gasteiger partial charge is 0.350 e. The topological polar surface area (TPSA) is 55.1 Å². The van der Waals surface area contributed by atoms with Crippen molar-refractivity contribution in [3.63, 3.8) is 0 Å². The summed E-state index contributed by atoms with van der Waals surface area (Å²) in [4.78, 5) is 11.4. The van der Waals surface area contributed by atoms with Crippen LogP contribution in [0.5, 0.6) is 0 Å². The first kappa shape index (κ1) is 13.4. The van der Waals surface area contributed by atoms with Crippen LogP contribution in [0.2, 0.25) is 0 Å². The predicted molar refractivity (Wildman–Crippen MR) is 58.2 cm³/mol. The van der Waals surface area contributed by atoms with Crippen molar-refractivity contribution >= 4 is 5.91 Å². The lowest BCUT2D eigenvalue weighted by Crippen LogP contribution is -2.42. The highest BCUT2D eigenvalue weighted by molar-refractivity contribution is 5.76. The molecular formula is C11H20F2N2O. The molecule has 1 aliphatic rings. The van der Waals surface area contributed by atoms with Crippen LogP contribution in [-0.4, -0.2) is 24.9 Å². The summed E-state index contributed by atoms with van der Waals surface area (Å²) >= 11 is 0. The number of amides is 1. The number of hydrogen-bond acceptors (Lipinski definition) is 2. The maximum atomic E-state index is 12.8. The van der Waals surface area contributed by atoms with E-state index >= 15 is 0 Å². The highest BCUT2D eigenvalue weighted by Crippen LogP contribution is 2.26. The first-order valence-electron chi connectivity index (χ1n) is 5.88. The maximum Gasteiger partial charge on any atom is 0.277 e. The van der Waals surface area contributed by atoms with Crippen LogP contribution in [0.3, 0.4) is 0 Å². The van der Waals surface area contributed by atoms with Crippen molar-refractivity contribution in [3.05, 3.63) is 0 Å². The minimum Gasteiger partial charge on any atom is -0.350 e. The zero-order valence-corrected chi connectivity index (χ0v) is 9.48. The Morgan fingerprint density at radius 1 is 1.31 bits per heavy atom. The number of carbonyl (C=O) groups is 1. The van der Waals surface area contributed by atoms with Gasteiger partial charge in [-0.2, -0.15) is 0 Å². The SMILES string of the molecule is NCC(F)(F)CNC(=O)CC1CCCCC1. The Bertz CT molecular complexity index is 228. The van der Waals surface area contributed by atoms with E-state index in [0.717, 1.165) is 25.7 Å². The second-order valence-corrected chi connectivity index (χ2v) is 4.54. The Morgan fingerprint density at radius 3 is 2.50 bits per heavy atom. The molecule has 94 valence electrons. The van der Waals surface area contributed by atoms with Crippen molar-refractivity contribution in [2.24, 2.45) is 11.7 Å². The molecular weight excluding hydrogens is 214 g/mol. The summed E-state index contributed by atoms with van der Waals surface area (Å²) in [5.41, 5.74) is 4.88. The number of alkyl halides is 2. The van der Waals surface area contributed by atoms with E-state index in [1.54, 1.807) is 0 Å². The van der Waals surface area contributed by atoms with Gasteiger partial charge in [-0.05, 0) is 18.8 Å². The van der Waals surface area contributed by atoms with Gasteiger partial charge in [0.1, 0.15) is 0 Å². The van der Waals surface area contributed by atoms with E-state index in [-0.39, 0.29) is 5.91 Å². The summed E-state index contributed by atoms with van der Waals surface area (Å²) in [6.07, 6.45) is 5.99. The molecule has 0 bridgehead atoms. The van der Waals surface area contributed by atoms with Gasteiger partial charge in [0.05, 0.1) is 13.1 Å². The van der Waals surface area contributed by atoms with Gasteiger partial charge in [0, 0.05) is 6.42 Å². The van der Waals surface area contributed by atoms with Gasteiger partial charge in [-0.3, -0.25) is 4.79 Å². The number of nitrogens with one attached hydrogen (secondary N) is 1. The van der Waals surface area contributed by atoms with Crippen LogP contribution in [-0.2, 0) is 4.79 Å². The average Bonchev–Trinajstić information content (AvgIpc) is 2.28. The fourth-order valence-electron chi connectivity index (χ4n) is 2.03. The van der Waals surface area contributed by atoms with E-state index in [4.69, 9.17) is 5.73 Å². The quantitative estimate of drug-likeness (QED) is 0.760. The summed E-state index contributed by atoms with van der Waals surface area (Å²) in [5, 5.41) is 2.25. The summed E-state index contributed by atoms with van der Waals surface area (Å²) in [5.74, 6) is -2.89. The lowest BCUT2D eigenvalue weighted by molar-refractivity contribution is -0.124. The third-order valence-electron chi connectivity index (χ3n) is 3.04. The van der Waals surface area contributed by atoms with E-state index < -0.39 is 19.0 Å². The molecule has 3 N–H and O–H groups in total. The zero-order valence-electron chi connectivity index (χ0n) is 9.48. The molecule has 0 atom stereocenters. The Kier molecular flexibility index (Phi) is 5.12. The third-order valence-corrected chi connectivity index (χ3v) is 3.04. The Hall–Kier alpha value is -0.710. The molecule has 1 saturated carbocycles. The van der Waals surface area contributed by atoms with Gasteiger partial charge in [0.2, 0.25) is 5.91 Å². The summed E-state index contributed by atoms with van der Waals surface area (Å²) in [7, 11) is 0.